The molecule has 0 saturated carbocycles. The van der Waals surface area contributed by atoms with E-state index in [1.807, 2.05) is 0 Å². The first-order valence-corrected chi connectivity index (χ1v) is 4.98. The van der Waals surface area contributed by atoms with Gasteiger partial charge in [-0.3, -0.25) is 0 Å². The van der Waals surface area contributed by atoms with Gasteiger partial charge < -0.3 is 15.5 Å². The number of rotatable bonds is 0. The zero-order chi connectivity index (χ0) is 10.2. The summed E-state index contributed by atoms with van der Waals surface area (Å²) in [6.45, 7) is 2.50. The molecule has 0 amide bonds. The molecule has 2 rings (SSSR count). The maximum absolute atomic E-state index is 8.67. The van der Waals surface area contributed by atoms with Crippen LogP contribution in [0.4, 0.5) is 0 Å². The zero-order valence-electron chi connectivity index (χ0n) is 8.24. The Balaban J connectivity index is 0.000000146. The van der Waals surface area contributed by atoms with Crippen LogP contribution < -0.4 is 5.32 Å². The molecule has 1 aromatic carbocycles. The third kappa shape index (κ3) is 4.14. The van der Waals surface area contributed by atoms with E-state index in [0.29, 0.717) is 0 Å². The van der Waals surface area contributed by atoms with Crippen molar-refractivity contribution in [2.24, 2.45) is 0 Å². The summed E-state index contributed by atoms with van der Waals surface area (Å²) in [6.07, 6.45) is 4.22. The molecule has 0 aliphatic carbocycles. The molecule has 1 fully saturated rings. The van der Waals surface area contributed by atoms with E-state index in [4.69, 9.17) is 10.2 Å². The fourth-order valence-corrected chi connectivity index (χ4v) is 1.27. The topological polar surface area (TPSA) is 52.5 Å². The lowest BCUT2D eigenvalue weighted by Crippen LogP contribution is -2.21. The standard InChI is InChI=1S/C6H6O2.C5H11N/c7-5-3-1-2-4-6(5)8;1-2-4-6-5-3-1/h1-4,7-8H;6H,1-5H2. The summed E-state index contributed by atoms with van der Waals surface area (Å²) in [5.74, 6) is -0.153. The highest BCUT2D eigenvalue weighted by Gasteiger charge is 1.93. The minimum Gasteiger partial charge on any atom is -0.504 e. The highest BCUT2D eigenvalue weighted by Crippen LogP contribution is 2.21. The maximum Gasteiger partial charge on any atom is 0.157 e. The summed E-state index contributed by atoms with van der Waals surface area (Å²) in [5, 5.41) is 20.6. The van der Waals surface area contributed by atoms with Crippen LogP contribution in [-0.2, 0) is 0 Å². The van der Waals surface area contributed by atoms with Crippen molar-refractivity contribution in [3.05, 3.63) is 24.3 Å². The van der Waals surface area contributed by atoms with Crippen LogP contribution in [0.25, 0.3) is 0 Å². The molecule has 0 unspecified atom stereocenters. The van der Waals surface area contributed by atoms with Gasteiger partial charge in [0.1, 0.15) is 0 Å². The lowest BCUT2D eigenvalue weighted by atomic mass is 10.2. The third-order valence-electron chi connectivity index (χ3n) is 2.09. The first-order valence-electron chi connectivity index (χ1n) is 4.98. The average molecular weight is 195 g/mol. The van der Waals surface area contributed by atoms with E-state index in [-0.39, 0.29) is 11.5 Å². The van der Waals surface area contributed by atoms with Crippen molar-refractivity contribution in [2.75, 3.05) is 13.1 Å². The van der Waals surface area contributed by atoms with Gasteiger partial charge in [-0.05, 0) is 38.1 Å². The molecule has 0 radical (unpaired) electrons. The van der Waals surface area contributed by atoms with Crippen LogP contribution in [0.5, 0.6) is 11.5 Å². The first-order chi connectivity index (χ1) is 6.80. The average Bonchev–Trinajstić information content (AvgIpc) is 2.26. The molecule has 1 aliphatic heterocycles. The molecule has 0 spiro atoms. The predicted octanol–water partition coefficient (Wildman–Crippen LogP) is 1.86. The Morgan fingerprint density at radius 3 is 1.57 bits per heavy atom. The van der Waals surface area contributed by atoms with Crippen LogP contribution in [-0.4, -0.2) is 23.3 Å². The summed E-state index contributed by atoms with van der Waals surface area (Å²) in [4.78, 5) is 0. The Morgan fingerprint density at radius 1 is 0.857 bits per heavy atom. The lowest BCUT2D eigenvalue weighted by Gasteiger charge is -2.08. The molecule has 3 nitrogen and oxygen atoms in total. The normalized spacial score (nSPS) is 15.4. The van der Waals surface area contributed by atoms with Gasteiger partial charge in [-0.2, -0.15) is 0 Å². The summed E-state index contributed by atoms with van der Waals surface area (Å²) in [6, 6.07) is 6.15. The summed E-state index contributed by atoms with van der Waals surface area (Å²) in [7, 11) is 0. The van der Waals surface area contributed by atoms with E-state index in [1.54, 1.807) is 12.1 Å². The van der Waals surface area contributed by atoms with Gasteiger partial charge in [-0.25, -0.2) is 0 Å². The maximum atomic E-state index is 8.67. The second kappa shape index (κ2) is 6.27. The molecule has 3 heteroatoms. The number of benzene rings is 1. The molecular formula is C11H17NO2. The van der Waals surface area contributed by atoms with Gasteiger partial charge in [0.15, 0.2) is 11.5 Å². The molecule has 1 aromatic rings. The molecular weight excluding hydrogens is 178 g/mol. The third-order valence-corrected chi connectivity index (χ3v) is 2.09. The Labute approximate surface area is 84.4 Å². The van der Waals surface area contributed by atoms with Crippen LogP contribution in [0.1, 0.15) is 19.3 Å². The van der Waals surface area contributed by atoms with Gasteiger partial charge in [0.05, 0.1) is 0 Å². The van der Waals surface area contributed by atoms with E-state index in [1.165, 1.54) is 44.5 Å². The highest BCUT2D eigenvalue weighted by molar-refractivity contribution is 5.36. The van der Waals surface area contributed by atoms with Gasteiger partial charge in [0, 0.05) is 0 Å². The van der Waals surface area contributed by atoms with Crippen molar-refractivity contribution in [3.63, 3.8) is 0 Å². The largest absolute Gasteiger partial charge is 0.504 e. The molecule has 0 atom stereocenters. The first kappa shape index (κ1) is 10.9. The number of hydrogen-bond donors (Lipinski definition) is 3. The van der Waals surface area contributed by atoms with Gasteiger partial charge in [-0.15, -0.1) is 0 Å². The van der Waals surface area contributed by atoms with Crippen LogP contribution >= 0.6 is 0 Å². The smallest absolute Gasteiger partial charge is 0.157 e. The van der Waals surface area contributed by atoms with Crippen molar-refractivity contribution in [2.45, 2.75) is 19.3 Å². The van der Waals surface area contributed by atoms with Crippen molar-refractivity contribution in [1.29, 1.82) is 0 Å². The Morgan fingerprint density at radius 2 is 1.36 bits per heavy atom. The van der Waals surface area contributed by atoms with Crippen molar-refractivity contribution in [1.82, 2.24) is 5.32 Å². The molecule has 1 heterocycles. The van der Waals surface area contributed by atoms with Crippen molar-refractivity contribution >= 4 is 0 Å². The van der Waals surface area contributed by atoms with Crippen molar-refractivity contribution in [3.8, 4) is 11.5 Å². The minimum absolute atomic E-state index is 0.0764. The lowest BCUT2D eigenvalue weighted by molar-refractivity contribution is 0.404. The fourth-order valence-electron chi connectivity index (χ4n) is 1.27. The minimum atomic E-state index is -0.0764. The number of para-hydroxylation sites is 2. The molecule has 0 bridgehead atoms. The molecule has 1 aliphatic rings. The Kier molecular flexibility index (Phi) is 4.86. The second-order valence-electron chi connectivity index (χ2n) is 3.30. The summed E-state index contributed by atoms with van der Waals surface area (Å²) < 4.78 is 0. The molecule has 3 N–H and O–H groups in total. The molecule has 0 aromatic heterocycles. The SMILES string of the molecule is C1CCNCC1.Oc1ccccc1O. The van der Waals surface area contributed by atoms with E-state index in [2.05, 4.69) is 5.32 Å². The highest BCUT2D eigenvalue weighted by atomic mass is 16.3. The molecule has 14 heavy (non-hydrogen) atoms. The second-order valence-corrected chi connectivity index (χ2v) is 3.30. The number of phenolic OH excluding ortho intramolecular Hbond substituents is 2. The predicted molar refractivity (Wildman–Crippen MR) is 56.5 cm³/mol. The number of phenols is 2. The van der Waals surface area contributed by atoms with E-state index < -0.39 is 0 Å². The molecule has 78 valence electrons. The number of nitrogens with one attached hydrogen (secondary N) is 1. The van der Waals surface area contributed by atoms with Crippen LogP contribution in [0.2, 0.25) is 0 Å². The van der Waals surface area contributed by atoms with Gasteiger partial charge in [-0.1, -0.05) is 18.6 Å². The van der Waals surface area contributed by atoms with E-state index in [0.717, 1.165) is 0 Å². The Hall–Kier alpha value is -1.22. The van der Waals surface area contributed by atoms with Crippen LogP contribution in [0, 0.1) is 0 Å². The van der Waals surface area contributed by atoms with E-state index in [9.17, 15) is 0 Å². The number of hydrogen-bond acceptors (Lipinski definition) is 3. The quantitative estimate of drug-likeness (QED) is 0.554. The monoisotopic (exact) mass is 195 g/mol. The summed E-state index contributed by atoms with van der Waals surface area (Å²) >= 11 is 0. The van der Waals surface area contributed by atoms with Crippen LogP contribution in [0.3, 0.4) is 0 Å². The van der Waals surface area contributed by atoms with Crippen molar-refractivity contribution < 1.29 is 10.2 Å². The fraction of sp³-hybridized carbons (Fsp3) is 0.455. The summed E-state index contributed by atoms with van der Waals surface area (Å²) in [5.41, 5.74) is 0. The number of aromatic hydroxyl groups is 2. The number of piperidine rings is 1. The molecule has 1 saturated heterocycles. The van der Waals surface area contributed by atoms with Crippen LogP contribution in [0.15, 0.2) is 24.3 Å². The zero-order valence-corrected chi connectivity index (χ0v) is 8.24. The van der Waals surface area contributed by atoms with Gasteiger partial charge in [0.2, 0.25) is 0 Å². The van der Waals surface area contributed by atoms with E-state index >= 15 is 0 Å². The van der Waals surface area contributed by atoms with Gasteiger partial charge in [0.25, 0.3) is 0 Å². The Bertz CT molecular complexity index is 227. The van der Waals surface area contributed by atoms with Gasteiger partial charge >= 0.3 is 0 Å².